The zero-order chi connectivity index (χ0) is 30.9. The quantitative estimate of drug-likeness (QED) is 0.154. The number of nitrogens with one attached hydrogen (secondary N) is 1. The van der Waals surface area contributed by atoms with Gasteiger partial charge in [0.25, 0.3) is 0 Å². The van der Waals surface area contributed by atoms with Gasteiger partial charge in [0, 0.05) is 71.3 Å². The molecule has 1 atom stereocenters. The van der Waals surface area contributed by atoms with Crippen LogP contribution in [0.15, 0.2) is 72.9 Å². The monoisotopic (exact) mass is 623 g/mol. The number of thiophene rings is 1. The molecule has 8 nitrogen and oxygen atoms in total. The number of pyridine rings is 1. The van der Waals surface area contributed by atoms with E-state index in [4.69, 9.17) is 19.6 Å². The van der Waals surface area contributed by atoms with Crippen molar-refractivity contribution in [1.29, 1.82) is 0 Å². The first-order valence-electron chi connectivity index (χ1n) is 15.2. The maximum atomic E-state index is 14.6. The molecule has 0 spiro atoms. The van der Waals surface area contributed by atoms with Crippen LogP contribution >= 0.6 is 11.3 Å². The highest BCUT2D eigenvalue weighted by Crippen LogP contribution is 2.46. The highest BCUT2D eigenvalue weighted by Gasteiger charge is 2.28. The molecule has 3 aromatic heterocycles. The van der Waals surface area contributed by atoms with E-state index in [1.165, 1.54) is 29.3 Å². The molecule has 0 saturated carbocycles. The molecule has 1 amide bonds. The second-order valence-corrected chi connectivity index (χ2v) is 12.3. The first-order chi connectivity index (χ1) is 22.0. The van der Waals surface area contributed by atoms with E-state index in [-0.39, 0.29) is 24.4 Å². The van der Waals surface area contributed by atoms with Gasteiger partial charge in [0.15, 0.2) is 0 Å². The summed E-state index contributed by atoms with van der Waals surface area (Å²) in [6.45, 7) is 7.34. The molecule has 5 aromatic rings. The molecule has 5 heterocycles. The molecule has 0 bridgehead atoms. The normalized spacial score (nSPS) is 16.2. The number of fused-ring (bicyclic) bond motifs is 2. The Hall–Kier alpha value is -4.38. The molecule has 1 fully saturated rings. The van der Waals surface area contributed by atoms with Crippen LogP contribution < -0.4 is 10.1 Å². The number of aromatic nitrogens is 3. The first-order valence-corrected chi connectivity index (χ1v) is 16.0. The summed E-state index contributed by atoms with van der Waals surface area (Å²) in [4.78, 5) is 19.4. The zero-order valence-corrected chi connectivity index (χ0v) is 25.9. The minimum Gasteiger partial charge on any atom is -0.490 e. The topological polar surface area (TPSA) is 81.5 Å². The summed E-state index contributed by atoms with van der Waals surface area (Å²) in [5.41, 5.74) is 7.80. The lowest BCUT2D eigenvalue weighted by molar-refractivity contribution is -0.125. The van der Waals surface area contributed by atoms with Crippen LogP contribution in [-0.2, 0) is 22.5 Å². The Kier molecular flexibility index (Phi) is 8.18. The third kappa shape index (κ3) is 5.65. The van der Waals surface area contributed by atoms with Gasteiger partial charge in [0.05, 0.1) is 30.2 Å². The minimum atomic E-state index is -0.379. The fourth-order valence-corrected chi connectivity index (χ4v) is 7.29. The van der Waals surface area contributed by atoms with Gasteiger partial charge in [-0.1, -0.05) is 18.7 Å². The first kappa shape index (κ1) is 29.3. The van der Waals surface area contributed by atoms with Crippen molar-refractivity contribution in [2.45, 2.75) is 25.4 Å². The molecule has 230 valence electrons. The maximum absolute atomic E-state index is 14.6. The van der Waals surface area contributed by atoms with Crippen molar-refractivity contribution < 1.29 is 18.7 Å². The largest absolute Gasteiger partial charge is 0.490 e. The van der Waals surface area contributed by atoms with Crippen LogP contribution in [0.2, 0.25) is 0 Å². The molecule has 1 saturated heterocycles. The van der Waals surface area contributed by atoms with E-state index in [1.54, 1.807) is 29.4 Å². The minimum absolute atomic E-state index is 0.0454. The third-order valence-corrected chi connectivity index (χ3v) is 9.56. The summed E-state index contributed by atoms with van der Waals surface area (Å²) in [5, 5.41) is 11.3. The summed E-state index contributed by atoms with van der Waals surface area (Å²) in [6.07, 6.45) is 6.97. The van der Waals surface area contributed by atoms with Gasteiger partial charge >= 0.3 is 0 Å². The Bertz CT molecular complexity index is 1900. The van der Waals surface area contributed by atoms with Gasteiger partial charge < -0.3 is 19.7 Å². The molecule has 10 heteroatoms. The van der Waals surface area contributed by atoms with Gasteiger partial charge in [-0.05, 0) is 66.2 Å². The van der Waals surface area contributed by atoms with Crippen LogP contribution in [-0.4, -0.2) is 65.5 Å². The summed E-state index contributed by atoms with van der Waals surface area (Å²) in [6, 6.07) is 13.4. The van der Waals surface area contributed by atoms with Gasteiger partial charge in [0.1, 0.15) is 18.2 Å². The second-order valence-electron chi connectivity index (χ2n) is 11.4. The average Bonchev–Trinajstić information content (AvgIpc) is 3.85. The van der Waals surface area contributed by atoms with Crippen molar-refractivity contribution in [1.82, 2.24) is 25.0 Å². The number of rotatable bonds is 9. The molecule has 45 heavy (non-hydrogen) atoms. The lowest BCUT2D eigenvalue weighted by Crippen LogP contribution is -2.27. The number of hydrogen-bond donors (Lipinski definition) is 1. The summed E-state index contributed by atoms with van der Waals surface area (Å²) < 4.78 is 28.8. The fraction of sp³-hybridized carbons (Fsp3) is 0.286. The molecule has 0 unspecified atom stereocenters. The summed E-state index contributed by atoms with van der Waals surface area (Å²) >= 11 is 1.63. The smallest absolute Gasteiger partial charge is 0.246 e. The molecule has 2 aliphatic rings. The number of ether oxygens (including phenoxy) is 2. The Balaban J connectivity index is 1.40. The summed E-state index contributed by atoms with van der Waals surface area (Å²) in [7, 11) is 1.61. The van der Waals surface area contributed by atoms with Crippen LogP contribution in [0, 0.1) is 5.82 Å². The Morgan fingerprint density at radius 1 is 1.16 bits per heavy atom. The van der Waals surface area contributed by atoms with Crippen molar-refractivity contribution in [2.24, 2.45) is 0 Å². The number of carbonyl (C=O) groups excluding carboxylic acids is 1. The van der Waals surface area contributed by atoms with Crippen molar-refractivity contribution in [2.75, 3.05) is 40.0 Å². The number of likely N-dealkylation sites (tertiary alicyclic amines) is 1. The number of halogens is 1. The molecule has 2 aliphatic heterocycles. The van der Waals surface area contributed by atoms with Gasteiger partial charge in [-0.3, -0.25) is 9.48 Å². The Labute approximate surface area is 265 Å². The van der Waals surface area contributed by atoms with Crippen molar-refractivity contribution in [3.05, 3.63) is 89.8 Å². The number of amides is 1. The van der Waals surface area contributed by atoms with E-state index < -0.39 is 0 Å². The van der Waals surface area contributed by atoms with Crippen LogP contribution in [0.3, 0.4) is 0 Å². The van der Waals surface area contributed by atoms with E-state index in [1.807, 2.05) is 17.1 Å². The van der Waals surface area contributed by atoms with Crippen molar-refractivity contribution in [3.8, 4) is 39.4 Å². The van der Waals surface area contributed by atoms with Crippen LogP contribution in [0.5, 0.6) is 5.75 Å². The van der Waals surface area contributed by atoms with Crippen molar-refractivity contribution in [3.63, 3.8) is 0 Å². The highest BCUT2D eigenvalue weighted by atomic mass is 32.1. The number of hydrogen-bond acceptors (Lipinski definition) is 7. The Morgan fingerprint density at radius 3 is 2.93 bits per heavy atom. The van der Waals surface area contributed by atoms with E-state index in [0.29, 0.717) is 25.4 Å². The zero-order valence-electron chi connectivity index (χ0n) is 25.1. The highest BCUT2D eigenvalue weighted by molar-refractivity contribution is 7.18. The van der Waals surface area contributed by atoms with Gasteiger partial charge in [0.2, 0.25) is 5.91 Å². The molecule has 2 aromatic carbocycles. The fourth-order valence-electron chi connectivity index (χ4n) is 6.33. The lowest BCUT2D eigenvalue weighted by Gasteiger charge is -2.19. The molecule has 0 aliphatic carbocycles. The standard InChI is InChI=1S/C35H34FN5O3S/c1-3-31(42)40-12-9-27(21-40)41-20-25(19-38-41)34-32(28-7-6-26(36)17-30(28)44-14-13-43-2)35-29(10-15-45-35)33(39-34)23-4-5-24-18-37-11-8-22(24)16-23/h3-7,10,15-17,19-20,27,37H,1,8-9,11-14,18,21H2,2H3/t27-/m1/s1. The predicted molar refractivity (Wildman–Crippen MR) is 175 cm³/mol. The van der Waals surface area contributed by atoms with Crippen molar-refractivity contribution >= 4 is 27.3 Å². The lowest BCUT2D eigenvalue weighted by atomic mass is 9.93. The van der Waals surface area contributed by atoms with Gasteiger partial charge in [-0.25, -0.2) is 9.37 Å². The molecule has 7 rings (SSSR count). The van der Waals surface area contributed by atoms with E-state index in [9.17, 15) is 9.18 Å². The number of carbonyl (C=O) groups is 1. The second kappa shape index (κ2) is 12.5. The van der Waals surface area contributed by atoms with Gasteiger partial charge in [-0.15, -0.1) is 11.3 Å². The van der Waals surface area contributed by atoms with Crippen LogP contribution in [0.25, 0.3) is 43.7 Å². The summed E-state index contributed by atoms with van der Waals surface area (Å²) in [5.74, 6) is -0.0173. The van der Waals surface area contributed by atoms with Crippen LogP contribution in [0.1, 0.15) is 23.6 Å². The Morgan fingerprint density at radius 2 is 2.07 bits per heavy atom. The molecule has 0 radical (unpaired) electrons. The number of benzene rings is 2. The third-order valence-electron chi connectivity index (χ3n) is 8.63. The molecular weight excluding hydrogens is 589 g/mol. The van der Waals surface area contributed by atoms with E-state index in [2.05, 4.69) is 41.5 Å². The average molecular weight is 624 g/mol. The molecular formula is C35H34FN5O3S. The van der Waals surface area contributed by atoms with E-state index >= 15 is 0 Å². The van der Waals surface area contributed by atoms with E-state index in [0.717, 1.165) is 69.7 Å². The molecule has 1 N–H and O–H groups in total. The SMILES string of the molecule is C=CC(=O)N1CC[C@@H](n2cc(-c3nc(-c4ccc5c(c4)CCNC5)c4ccsc4c3-c3ccc(F)cc3OCCOC)cn2)C1. The maximum Gasteiger partial charge on any atom is 0.246 e. The predicted octanol–water partition coefficient (Wildman–Crippen LogP) is 6.26. The number of methoxy groups -OCH3 is 1. The van der Waals surface area contributed by atoms with Gasteiger partial charge in [-0.2, -0.15) is 5.10 Å². The number of nitrogens with zero attached hydrogens (tertiary/aromatic N) is 4. The van der Waals surface area contributed by atoms with Crippen LogP contribution in [0.4, 0.5) is 4.39 Å².